The van der Waals surface area contributed by atoms with Crippen LogP contribution < -0.4 is 14.8 Å². The Morgan fingerprint density at radius 1 is 1.15 bits per heavy atom. The molecular weight excluding hydrogens is 352 g/mol. The number of fused-ring (bicyclic) bond motifs is 1. The fourth-order valence-corrected chi connectivity index (χ4v) is 3.86. The molecule has 0 atom stereocenters. The highest BCUT2D eigenvalue weighted by molar-refractivity contribution is 7.90. The third-order valence-corrected chi connectivity index (χ3v) is 5.30. The van der Waals surface area contributed by atoms with Crippen molar-refractivity contribution in [3.63, 3.8) is 0 Å². The Bertz CT molecular complexity index is 934. The van der Waals surface area contributed by atoms with Crippen LogP contribution in [-0.4, -0.2) is 20.9 Å². The second-order valence-corrected chi connectivity index (χ2v) is 7.53. The van der Waals surface area contributed by atoms with Crippen molar-refractivity contribution in [1.29, 1.82) is 0 Å². The van der Waals surface area contributed by atoms with Crippen molar-refractivity contribution in [2.24, 2.45) is 0 Å². The number of hydrogen-bond donors (Lipinski definition) is 2. The molecule has 0 unspecified atom stereocenters. The van der Waals surface area contributed by atoms with E-state index in [0.29, 0.717) is 17.9 Å². The molecule has 0 saturated carbocycles. The smallest absolute Gasteiger partial charge is 0.262 e. The molecule has 0 saturated heterocycles. The average molecular weight is 372 g/mol. The van der Waals surface area contributed by atoms with Crippen LogP contribution in [0.1, 0.15) is 25.3 Å². The van der Waals surface area contributed by atoms with Gasteiger partial charge in [0.2, 0.25) is 5.91 Å². The van der Waals surface area contributed by atoms with Crippen molar-refractivity contribution >= 4 is 27.3 Å². The van der Waals surface area contributed by atoms with Gasteiger partial charge in [0.05, 0.1) is 17.2 Å². The summed E-state index contributed by atoms with van der Waals surface area (Å²) in [6.07, 6.45) is 3.30. The Labute approximate surface area is 152 Å². The third kappa shape index (κ3) is 4.05. The molecule has 3 rings (SSSR count). The van der Waals surface area contributed by atoms with Gasteiger partial charge in [0.1, 0.15) is 5.75 Å². The van der Waals surface area contributed by atoms with Gasteiger partial charge in [0.15, 0.2) is 0 Å². The second kappa shape index (κ2) is 7.61. The standard InChI is InChI=1S/C19H20N2O4S/c1-2-3-12-25-15-10-8-14(9-11-15)20-19(22)13-17-16-6-4-5-7-18(16)26(23,24)21-17/h4-11,13,21H,2-3,12H2,1H3,(H,20,22). The number of anilines is 1. The number of ether oxygens (including phenoxy) is 1. The van der Waals surface area contributed by atoms with Crippen LogP contribution in [0.4, 0.5) is 5.69 Å². The normalized spacial score (nSPS) is 16.0. The zero-order valence-corrected chi connectivity index (χ0v) is 15.2. The van der Waals surface area contributed by atoms with Crippen molar-refractivity contribution in [3.8, 4) is 5.75 Å². The van der Waals surface area contributed by atoms with Gasteiger partial charge in [0.25, 0.3) is 10.0 Å². The zero-order chi connectivity index (χ0) is 18.6. The predicted molar refractivity (Wildman–Crippen MR) is 100 cm³/mol. The maximum Gasteiger partial charge on any atom is 0.262 e. The highest BCUT2D eigenvalue weighted by Gasteiger charge is 2.29. The van der Waals surface area contributed by atoms with E-state index in [9.17, 15) is 13.2 Å². The molecule has 1 aliphatic rings. The predicted octanol–water partition coefficient (Wildman–Crippen LogP) is 3.14. The van der Waals surface area contributed by atoms with Gasteiger partial charge in [0, 0.05) is 17.3 Å². The summed E-state index contributed by atoms with van der Waals surface area (Å²) < 4.78 is 32.1. The quantitative estimate of drug-likeness (QED) is 0.603. The Hall–Kier alpha value is -2.80. The summed E-state index contributed by atoms with van der Waals surface area (Å²) in [4.78, 5) is 12.4. The monoisotopic (exact) mass is 372 g/mol. The van der Waals surface area contributed by atoms with Crippen LogP contribution in [0.5, 0.6) is 5.75 Å². The molecule has 0 fully saturated rings. The zero-order valence-electron chi connectivity index (χ0n) is 14.4. The van der Waals surface area contributed by atoms with Crippen LogP contribution in [-0.2, 0) is 14.8 Å². The van der Waals surface area contributed by atoms with Gasteiger partial charge in [-0.2, -0.15) is 0 Å². The lowest BCUT2D eigenvalue weighted by Gasteiger charge is -2.07. The molecule has 7 heteroatoms. The summed E-state index contributed by atoms with van der Waals surface area (Å²) in [5.74, 6) is 0.325. The molecular formula is C19H20N2O4S. The lowest BCUT2D eigenvalue weighted by atomic mass is 10.1. The summed E-state index contributed by atoms with van der Waals surface area (Å²) in [5, 5.41) is 2.72. The first kappa shape index (κ1) is 18.0. The van der Waals surface area contributed by atoms with Gasteiger partial charge in [-0.1, -0.05) is 31.5 Å². The van der Waals surface area contributed by atoms with Crippen LogP contribution >= 0.6 is 0 Å². The van der Waals surface area contributed by atoms with E-state index in [2.05, 4.69) is 17.0 Å². The number of carbonyl (C=O) groups is 1. The number of carbonyl (C=O) groups excluding carboxylic acids is 1. The number of nitrogens with one attached hydrogen (secondary N) is 2. The van der Waals surface area contributed by atoms with E-state index in [4.69, 9.17) is 4.74 Å². The average Bonchev–Trinajstić information content (AvgIpc) is 2.87. The van der Waals surface area contributed by atoms with E-state index in [1.54, 1.807) is 42.5 Å². The minimum atomic E-state index is -3.60. The molecule has 0 spiro atoms. The summed E-state index contributed by atoms with van der Waals surface area (Å²) in [7, 11) is -3.60. The van der Waals surface area contributed by atoms with Crippen LogP contribution in [0.2, 0.25) is 0 Å². The topological polar surface area (TPSA) is 84.5 Å². The molecule has 26 heavy (non-hydrogen) atoms. The van der Waals surface area contributed by atoms with Crippen molar-refractivity contribution < 1.29 is 17.9 Å². The van der Waals surface area contributed by atoms with Gasteiger partial charge in [-0.3, -0.25) is 9.52 Å². The highest BCUT2D eigenvalue weighted by Crippen LogP contribution is 2.29. The molecule has 0 bridgehead atoms. The molecule has 136 valence electrons. The second-order valence-electron chi connectivity index (χ2n) is 5.88. The number of sulfonamides is 1. The van der Waals surface area contributed by atoms with Gasteiger partial charge in [-0.05, 0) is 36.8 Å². The van der Waals surface area contributed by atoms with Crippen LogP contribution in [0.25, 0.3) is 5.70 Å². The Morgan fingerprint density at radius 3 is 2.62 bits per heavy atom. The van der Waals surface area contributed by atoms with Crippen molar-refractivity contribution in [3.05, 3.63) is 60.2 Å². The van der Waals surface area contributed by atoms with E-state index in [-0.39, 0.29) is 10.6 Å². The third-order valence-electron chi connectivity index (χ3n) is 3.87. The van der Waals surface area contributed by atoms with Crippen LogP contribution in [0.15, 0.2) is 59.5 Å². The molecule has 0 aromatic heterocycles. The summed E-state index contributed by atoms with van der Waals surface area (Å²) in [6, 6.07) is 13.6. The number of rotatable bonds is 6. The van der Waals surface area contributed by atoms with Crippen LogP contribution in [0, 0.1) is 0 Å². The molecule has 2 N–H and O–H groups in total. The van der Waals surface area contributed by atoms with E-state index in [1.807, 2.05) is 0 Å². The van der Waals surface area contributed by atoms with E-state index in [1.165, 1.54) is 12.1 Å². The fourth-order valence-electron chi connectivity index (χ4n) is 2.56. The van der Waals surface area contributed by atoms with Crippen molar-refractivity contribution in [2.75, 3.05) is 11.9 Å². The van der Waals surface area contributed by atoms with E-state index < -0.39 is 15.9 Å². The maximum atomic E-state index is 12.2. The number of hydrogen-bond acceptors (Lipinski definition) is 4. The largest absolute Gasteiger partial charge is 0.494 e. The first-order valence-electron chi connectivity index (χ1n) is 8.37. The summed E-state index contributed by atoms with van der Waals surface area (Å²) in [6.45, 7) is 2.76. The maximum absolute atomic E-state index is 12.2. The molecule has 0 radical (unpaired) electrons. The van der Waals surface area contributed by atoms with Crippen molar-refractivity contribution in [2.45, 2.75) is 24.7 Å². The lowest BCUT2D eigenvalue weighted by Crippen LogP contribution is -2.16. The van der Waals surface area contributed by atoms with Crippen molar-refractivity contribution in [1.82, 2.24) is 4.72 Å². The summed E-state index contributed by atoms with van der Waals surface area (Å²) in [5.41, 5.74) is 1.35. The molecule has 6 nitrogen and oxygen atoms in total. The van der Waals surface area contributed by atoms with Gasteiger partial charge < -0.3 is 10.1 Å². The number of unbranched alkanes of at least 4 members (excludes halogenated alkanes) is 1. The lowest BCUT2D eigenvalue weighted by molar-refractivity contribution is -0.111. The SMILES string of the molecule is CCCCOc1ccc(NC(=O)C=C2NS(=O)(=O)c3ccccc32)cc1. The molecule has 0 aliphatic carbocycles. The van der Waals surface area contributed by atoms with E-state index >= 15 is 0 Å². The molecule has 2 aromatic rings. The number of amides is 1. The highest BCUT2D eigenvalue weighted by atomic mass is 32.2. The molecule has 2 aromatic carbocycles. The first-order valence-corrected chi connectivity index (χ1v) is 9.85. The number of benzene rings is 2. The Balaban J connectivity index is 1.69. The Morgan fingerprint density at radius 2 is 1.88 bits per heavy atom. The first-order chi connectivity index (χ1) is 12.5. The molecule has 1 heterocycles. The molecule has 1 aliphatic heterocycles. The van der Waals surface area contributed by atoms with Gasteiger partial charge >= 0.3 is 0 Å². The van der Waals surface area contributed by atoms with Gasteiger partial charge in [-0.15, -0.1) is 0 Å². The van der Waals surface area contributed by atoms with E-state index in [0.717, 1.165) is 18.6 Å². The molecule has 1 amide bonds. The minimum Gasteiger partial charge on any atom is -0.494 e. The van der Waals surface area contributed by atoms with Gasteiger partial charge in [-0.25, -0.2) is 8.42 Å². The fraction of sp³-hybridized carbons (Fsp3) is 0.211. The minimum absolute atomic E-state index is 0.174. The van der Waals surface area contributed by atoms with Crippen LogP contribution in [0.3, 0.4) is 0 Å². The Kier molecular flexibility index (Phi) is 5.27. The summed E-state index contributed by atoms with van der Waals surface area (Å²) >= 11 is 0.